The second-order valence-corrected chi connectivity index (χ2v) is 3.31. The summed E-state index contributed by atoms with van der Waals surface area (Å²) in [5.74, 6) is 0. The molecule has 0 saturated carbocycles. The highest BCUT2D eigenvalue weighted by Crippen LogP contribution is 1.86. The van der Waals surface area contributed by atoms with Crippen LogP contribution in [0.1, 0.15) is 20.3 Å². The fourth-order valence-electron chi connectivity index (χ4n) is 0.829. The number of carbonyl (C=O) groups is 1. The van der Waals surface area contributed by atoms with E-state index in [9.17, 15) is 4.79 Å². The lowest BCUT2D eigenvalue weighted by Crippen LogP contribution is -2.19. The van der Waals surface area contributed by atoms with Crippen LogP contribution in [0.2, 0.25) is 0 Å². The largest absolute Gasteiger partial charge is 0.393 e. The van der Waals surface area contributed by atoms with Crippen molar-refractivity contribution in [2.45, 2.75) is 20.3 Å². The molecule has 0 aliphatic carbocycles. The van der Waals surface area contributed by atoms with Gasteiger partial charge in [0.25, 0.3) is 0 Å². The zero-order valence-corrected chi connectivity index (χ0v) is 10.6. The van der Waals surface area contributed by atoms with E-state index < -0.39 is 0 Å². The minimum atomic E-state index is 0.448. The van der Waals surface area contributed by atoms with Gasteiger partial charge in [0.1, 0.15) is 6.61 Å². The fourth-order valence-corrected chi connectivity index (χ4v) is 0.829. The van der Waals surface area contributed by atoms with Crippen LogP contribution in [0.25, 0.3) is 0 Å². The molecule has 1 N–H and O–H groups in total. The molecule has 0 saturated heterocycles. The number of oxime groups is 1. The number of rotatable bonds is 12. The summed E-state index contributed by atoms with van der Waals surface area (Å²) in [5.41, 5.74) is 0.969. The van der Waals surface area contributed by atoms with Gasteiger partial charge in [0, 0.05) is 6.54 Å². The number of nitrogens with one attached hydrogen (secondary N) is 1. The highest BCUT2D eigenvalue weighted by molar-refractivity contribution is 5.80. The Hall–Kier alpha value is -1.14. The Balaban J connectivity index is 3.06. The molecule has 0 aliphatic heterocycles. The molecule has 1 amide bonds. The lowest BCUT2D eigenvalue weighted by Gasteiger charge is -2.05. The lowest BCUT2D eigenvalue weighted by atomic mass is 10.3. The molecule has 0 heterocycles. The van der Waals surface area contributed by atoms with Crippen LogP contribution in [0.4, 0.5) is 0 Å². The van der Waals surface area contributed by atoms with E-state index in [1.807, 2.05) is 13.8 Å². The molecule has 6 nitrogen and oxygen atoms in total. The Bertz CT molecular complexity index is 210. The van der Waals surface area contributed by atoms with Crippen molar-refractivity contribution in [1.82, 2.24) is 5.32 Å². The highest BCUT2D eigenvalue weighted by Gasteiger charge is 1.91. The first-order chi connectivity index (χ1) is 8.31. The zero-order valence-electron chi connectivity index (χ0n) is 10.6. The molecule has 0 aromatic rings. The Morgan fingerprint density at radius 1 is 1.18 bits per heavy atom. The Morgan fingerprint density at radius 3 is 2.47 bits per heavy atom. The molecule has 0 bridgehead atoms. The predicted molar refractivity (Wildman–Crippen MR) is 65.1 cm³/mol. The summed E-state index contributed by atoms with van der Waals surface area (Å²) in [4.78, 5) is 14.9. The number of nitrogens with zero attached hydrogens (tertiary/aromatic N) is 1. The van der Waals surface area contributed by atoms with Crippen molar-refractivity contribution in [2.75, 3.05) is 39.6 Å². The van der Waals surface area contributed by atoms with Gasteiger partial charge in [-0.1, -0.05) is 12.1 Å². The summed E-state index contributed by atoms with van der Waals surface area (Å²) in [6.45, 7) is 6.94. The molecule has 17 heavy (non-hydrogen) atoms. The fraction of sp³-hybridized carbons (Fsp3) is 0.818. The van der Waals surface area contributed by atoms with E-state index in [1.54, 1.807) is 0 Å². The van der Waals surface area contributed by atoms with Crippen LogP contribution in [0.5, 0.6) is 0 Å². The molecular weight excluding hydrogens is 224 g/mol. The van der Waals surface area contributed by atoms with Gasteiger partial charge >= 0.3 is 0 Å². The number of carbonyl (C=O) groups excluding carboxylic acids is 1. The first-order valence-corrected chi connectivity index (χ1v) is 5.79. The first-order valence-electron chi connectivity index (χ1n) is 5.79. The van der Waals surface area contributed by atoms with Crippen LogP contribution in [-0.4, -0.2) is 51.7 Å². The van der Waals surface area contributed by atoms with Crippen molar-refractivity contribution in [1.29, 1.82) is 0 Å². The molecular formula is C11H22N2O4. The van der Waals surface area contributed by atoms with E-state index in [0.717, 1.165) is 12.1 Å². The Labute approximate surface area is 102 Å². The molecule has 0 fully saturated rings. The topological polar surface area (TPSA) is 69.2 Å². The van der Waals surface area contributed by atoms with Crippen LogP contribution in [0, 0.1) is 0 Å². The van der Waals surface area contributed by atoms with Gasteiger partial charge in [-0.2, -0.15) is 0 Å². The molecule has 0 aliphatic rings. The molecule has 0 aromatic heterocycles. The van der Waals surface area contributed by atoms with E-state index in [2.05, 4.69) is 10.5 Å². The van der Waals surface area contributed by atoms with Crippen LogP contribution >= 0.6 is 0 Å². The molecule has 0 spiro atoms. The molecule has 0 aromatic carbocycles. The van der Waals surface area contributed by atoms with Gasteiger partial charge in [0.05, 0.1) is 32.1 Å². The standard InChI is InChI=1S/C11H22N2O4/c1-3-11(2)13-17-9-8-16-7-6-15-5-4-12-10-14/h10H,3-9H2,1-2H3,(H,12,14)/b13-11-. The van der Waals surface area contributed by atoms with E-state index >= 15 is 0 Å². The van der Waals surface area contributed by atoms with Gasteiger partial charge in [-0.05, 0) is 13.3 Å². The normalized spacial score (nSPS) is 11.3. The van der Waals surface area contributed by atoms with Gasteiger partial charge in [-0.3, -0.25) is 4.79 Å². The molecule has 0 atom stereocenters. The summed E-state index contributed by atoms with van der Waals surface area (Å²) < 4.78 is 10.4. The van der Waals surface area contributed by atoms with Gasteiger partial charge in [0.15, 0.2) is 0 Å². The molecule has 6 heteroatoms. The number of hydrogen-bond donors (Lipinski definition) is 1. The second kappa shape index (κ2) is 12.9. The summed E-state index contributed by atoms with van der Waals surface area (Å²) in [5, 5.41) is 6.38. The summed E-state index contributed by atoms with van der Waals surface area (Å²) >= 11 is 0. The first kappa shape index (κ1) is 15.9. The van der Waals surface area contributed by atoms with Crippen molar-refractivity contribution >= 4 is 12.1 Å². The lowest BCUT2D eigenvalue weighted by molar-refractivity contribution is -0.109. The van der Waals surface area contributed by atoms with Crippen molar-refractivity contribution in [3.63, 3.8) is 0 Å². The van der Waals surface area contributed by atoms with E-state index in [0.29, 0.717) is 46.0 Å². The van der Waals surface area contributed by atoms with E-state index in [1.165, 1.54) is 0 Å². The maximum absolute atomic E-state index is 9.89. The smallest absolute Gasteiger partial charge is 0.207 e. The molecule has 0 radical (unpaired) electrons. The Kier molecular flexibility index (Phi) is 12.1. The highest BCUT2D eigenvalue weighted by atomic mass is 16.6. The van der Waals surface area contributed by atoms with Crippen molar-refractivity contribution in [3.05, 3.63) is 0 Å². The number of ether oxygens (including phenoxy) is 2. The summed E-state index contributed by atoms with van der Waals surface area (Å²) in [6.07, 6.45) is 1.54. The SMILES string of the molecule is CC/C(C)=N\OCCOCCOCCNC=O. The molecule has 0 rings (SSSR count). The summed E-state index contributed by atoms with van der Waals surface area (Å²) in [7, 11) is 0. The third kappa shape index (κ3) is 12.8. The van der Waals surface area contributed by atoms with Gasteiger partial charge < -0.3 is 19.6 Å². The van der Waals surface area contributed by atoms with Crippen molar-refractivity contribution in [2.24, 2.45) is 5.16 Å². The minimum Gasteiger partial charge on any atom is -0.393 e. The third-order valence-electron chi connectivity index (χ3n) is 1.90. The van der Waals surface area contributed by atoms with Crippen molar-refractivity contribution < 1.29 is 19.1 Å². The van der Waals surface area contributed by atoms with Crippen LogP contribution < -0.4 is 5.32 Å². The average molecular weight is 246 g/mol. The number of amides is 1. The van der Waals surface area contributed by atoms with Gasteiger partial charge in [0.2, 0.25) is 6.41 Å². The maximum Gasteiger partial charge on any atom is 0.207 e. The van der Waals surface area contributed by atoms with Gasteiger partial charge in [-0.25, -0.2) is 0 Å². The monoisotopic (exact) mass is 246 g/mol. The van der Waals surface area contributed by atoms with E-state index in [4.69, 9.17) is 14.3 Å². The predicted octanol–water partition coefficient (Wildman–Crippen LogP) is 0.568. The van der Waals surface area contributed by atoms with Gasteiger partial charge in [-0.15, -0.1) is 0 Å². The number of hydrogen-bond acceptors (Lipinski definition) is 5. The quantitative estimate of drug-likeness (QED) is 0.236. The third-order valence-corrected chi connectivity index (χ3v) is 1.90. The summed E-state index contributed by atoms with van der Waals surface area (Å²) in [6, 6.07) is 0. The van der Waals surface area contributed by atoms with Crippen molar-refractivity contribution in [3.8, 4) is 0 Å². The average Bonchev–Trinajstić information content (AvgIpc) is 2.35. The van der Waals surface area contributed by atoms with Crippen LogP contribution in [-0.2, 0) is 19.1 Å². The molecule has 100 valence electrons. The van der Waals surface area contributed by atoms with Crippen LogP contribution in [0.15, 0.2) is 5.16 Å². The van der Waals surface area contributed by atoms with Crippen LogP contribution in [0.3, 0.4) is 0 Å². The Morgan fingerprint density at radius 2 is 1.82 bits per heavy atom. The molecule has 0 unspecified atom stereocenters. The van der Waals surface area contributed by atoms with E-state index in [-0.39, 0.29) is 0 Å². The minimum absolute atomic E-state index is 0.448. The zero-order chi connectivity index (χ0) is 12.8. The maximum atomic E-state index is 9.89. The second-order valence-electron chi connectivity index (χ2n) is 3.31.